The highest BCUT2D eigenvalue weighted by Crippen LogP contribution is 2.20. The van der Waals surface area contributed by atoms with E-state index < -0.39 is 4.92 Å². The van der Waals surface area contributed by atoms with Crippen LogP contribution < -0.4 is 10.6 Å². The van der Waals surface area contributed by atoms with E-state index >= 15 is 0 Å². The molecule has 1 aromatic rings. The summed E-state index contributed by atoms with van der Waals surface area (Å²) in [5, 5.41) is 16.9. The van der Waals surface area contributed by atoms with Crippen LogP contribution in [-0.4, -0.2) is 35.7 Å². The largest absolute Gasteiger partial charge is 0.377 e. The van der Waals surface area contributed by atoms with Crippen LogP contribution in [0.5, 0.6) is 0 Å². The summed E-state index contributed by atoms with van der Waals surface area (Å²) in [4.78, 5) is 14.7. The molecule has 106 valence electrons. The number of ether oxygens (including phenoxy) is 1. The summed E-state index contributed by atoms with van der Waals surface area (Å²) in [6, 6.07) is 2.83. The first-order valence-corrected chi connectivity index (χ1v) is 6.32. The van der Waals surface area contributed by atoms with Gasteiger partial charge in [0.25, 0.3) is 5.69 Å². The van der Waals surface area contributed by atoms with Gasteiger partial charge in [-0.3, -0.25) is 10.1 Å². The van der Waals surface area contributed by atoms with Crippen LogP contribution in [0, 0.1) is 10.1 Å². The molecule has 0 bridgehead atoms. The Bertz CT molecular complexity index is 425. The molecule has 1 aromatic heterocycles. The van der Waals surface area contributed by atoms with Crippen molar-refractivity contribution in [3.63, 3.8) is 0 Å². The minimum atomic E-state index is -0.431. The Labute approximate surface area is 112 Å². The van der Waals surface area contributed by atoms with Gasteiger partial charge in [-0.2, -0.15) is 0 Å². The number of hydrogen-bond acceptors (Lipinski definition) is 6. The average molecular weight is 268 g/mol. The van der Waals surface area contributed by atoms with Gasteiger partial charge in [-0.25, -0.2) is 4.98 Å². The van der Waals surface area contributed by atoms with E-state index in [2.05, 4.69) is 15.6 Å². The lowest BCUT2D eigenvalue weighted by molar-refractivity contribution is -0.384. The molecule has 1 rings (SSSR count). The molecule has 1 atom stereocenters. The third kappa shape index (κ3) is 5.09. The maximum Gasteiger partial charge on any atom is 0.276 e. The molecule has 0 spiro atoms. The van der Waals surface area contributed by atoms with Gasteiger partial charge in [-0.05, 0) is 20.8 Å². The molecule has 0 amide bonds. The predicted octanol–water partition coefficient (Wildman–Crippen LogP) is 2.26. The van der Waals surface area contributed by atoms with Crippen molar-refractivity contribution in [2.45, 2.75) is 26.9 Å². The molecule has 1 heterocycles. The highest BCUT2D eigenvalue weighted by Gasteiger charge is 2.11. The van der Waals surface area contributed by atoms with Crippen molar-refractivity contribution < 1.29 is 9.66 Å². The monoisotopic (exact) mass is 268 g/mol. The summed E-state index contributed by atoms with van der Waals surface area (Å²) >= 11 is 0. The number of hydrogen-bond donors (Lipinski definition) is 2. The van der Waals surface area contributed by atoms with Crippen LogP contribution in [0.4, 0.5) is 17.3 Å². The zero-order valence-electron chi connectivity index (χ0n) is 11.5. The van der Waals surface area contributed by atoms with E-state index in [1.54, 1.807) is 0 Å². The third-order valence-electron chi connectivity index (χ3n) is 2.40. The Balaban J connectivity index is 2.78. The highest BCUT2D eigenvalue weighted by molar-refractivity contribution is 5.54. The molecule has 0 radical (unpaired) electrons. The van der Waals surface area contributed by atoms with Crippen molar-refractivity contribution in [2.75, 3.05) is 30.3 Å². The molecule has 0 saturated carbocycles. The maximum atomic E-state index is 10.8. The van der Waals surface area contributed by atoms with Gasteiger partial charge in [0.15, 0.2) is 0 Å². The van der Waals surface area contributed by atoms with Crippen LogP contribution in [-0.2, 0) is 4.74 Å². The van der Waals surface area contributed by atoms with E-state index in [0.29, 0.717) is 31.3 Å². The molecule has 0 aliphatic rings. The fraction of sp³-hybridized carbons (Fsp3) is 0.583. The molecular formula is C12H20N4O3. The van der Waals surface area contributed by atoms with E-state index in [1.165, 1.54) is 12.1 Å². The maximum absolute atomic E-state index is 10.8. The molecule has 0 aliphatic heterocycles. The molecule has 0 saturated heterocycles. The first-order chi connectivity index (χ1) is 9.06. The van der Waals surface area contributed by atoms with Crippen molar-refractivity contribution in [1.29, 1.82) is 0 Å². The van der Waals surface area contributed by atoms with Crippen molar-refractivity contribution in [2.24, 2.45) is 0 Å². The van der Waals surface area contributed by atoms with Crippen LogP contribution in [0.25, 0.3) is 0 Å². The molecule has 19 heavy (non-hydrogen) atoms. The van der Waals surface area contributed by atoms with Gasteiger partial charge < -0.3 is 15.4 Å². The lowest BCUT2D eigenvalue weighted by Crippen LogP contribution is -2.20. The average Bonchev–Trinajstić information content (AvgIpc) is 2.37. The Morgan fingerprint density at radius 1 is 1.37 bits per heavy atom. The molecule has 2 N–H and O–H groups in total. The van der Waals surface area contributed by atoms with E-state index in [0.717, 1.165) is 0 Å². The Hall–Kier alpha value is -1.89. The number of anilines is 2. The summed E-state index contributed by atoms with van der Waals surface area (Å²) in [6.45, 7) is 7.60. The SMILES string of the molecule is CCNc1cc([N+](=O)[O-])cc(NCC(C)OCC)n1. The first kappa shape index (κ1) is 15.2. The van der Waals surface area contributed by atoms with E-state index in [4.69, 9.17) is 4.74 Å². The van der Waals surface area contributed by atoms with E-state index in [9.17, 15) is 10.1 Å². The number of nitrogens with zero attached hydrogens (tertiary/aromatic N) is 2. The second-order valence-corrected chi connectivity index (χ2v) is 4.03. The molecule has 7 nitrogen and oxygen atoms in total. The molecule has 1 unspecified atom stereocenters. The van der Waals surface area contributed by atoms with Gasteiger partial charge in [0, 0.05) is 19.7 Å². The first-order valence-electron chi connectivity index (χ1n) is 6.32. The van der Waals surface area contributed by atoms with Gasteiger partial charge in [-0.1, -0.05) is 0 Å². The van der Waals surface area contributed by atoms with Crippen molar-refractivity contribution in [1.82, 2.24) is 4.98 Å². The minimum Gasteiger partial charge on any atom is -0.377 e. The molecule has 0 fully saturated rings. The fourth-order valence-corrected chi connectivity index (χ4v) is 1.58. The number of aromatic nitrogens is 1. The van der Waals surface area contributed by atoms with Crippen LogP contribution in [0.2, 0.25) is 0 Å². The Morgan fingerprint density at radius 3 is 2.53 bits per heavy atom. The zero-order valence-corrected chi connectivity index (χ0v) is 11.5. The number of rotatable bonds is 8. The van der Waals surface area contributed by atoms with Gasteiger partial charge in [-0.15, -0.1) is 0 Å². The highest BCUT2D eigenvalue weighted by atomic mass is 16.6. The van der Waals surface area contributed by atoms with Crippen LogP contribution in [0.15, 0.2) is 12.1 Å². The summed E-state index contributed by atoms with van der Waals surface area (Å²) in [6.07, 6.45) is 0.0219. The number of nitro groups is 1. The van der Waals surface area contributed by atoms with Crippen LogP contribution in [0.1, 0.15) is 20.8 Å². The zero-order chi connectivity index (χ0) is 14.3. The topological polar surface area (TPSA) is 89.3 Å². The van der Waals surface area contributed by atoms with Crippen LogP contribution >= 0.6 is 0 Å². The Morgan fingerprint density at radius 2 is 2.00 bits per heavy atom. The quantitative estimate of drug-likeness (QED) is 0.555. The molecule has 0 aromatic carbocycles. The van der Waals surface area contributed by atoms with Crippen molar-refractivity contribution in [3.8, 4) is 0 Å². The predicted molar refractivity (Wildman–Crippen MR) is 74.6 cm³/mol. The molecular weight excluding hydrogens is 248 g/mol. The van der Waals surface area contributed by atoms with Gasteiger partial charge in [0.1, 0.15) is 11.6 Å². The van der Waals surface area contributed by atoms with Gasteiger partial charge in [0.05, 0.1) is 23.2 Å². The summed E-state index contributed by atoms with van der Waals surface area (Å²) in [7, 11) is 0. The lowest BCUT2D eigenvalue weighted by atomic mass is 10.3. The smallest absolute Gasteiger partial charge is 0.276 e. The van der Waals surface area contributed by atoms with Gasteiger partial charge >= 0.3 is 0 Å². The summed E-state index contributed by atoms with van der Waals surface area (Å²) in [5.41, 5.74) is 0.0116. The third-order valence-corrected chi connectivity index (χ3v) is 2.40. The van der Waals surface area contributed by atoms with Gasteiger partial charge in [0.2, 0.25) is 0 Å². The minimum absolute atomic E-state index is 0.0116. The number of nitrogens with one attached hydrogen (secondary N) is 2. The molecule has 0 aliphatic carbocycles. The molecule has 7 heteroatoms. The van der Waals surface area contributed by atoms with E-state index in [1.807, 2.05) is 20.8 Å². The fourth-order valence-electron chi connectivity index (χ4n) is 1.58. The summed E-state index contributed by atoms with van der Waals surface area (Å²) < 4.78 is 5.38. The summed E-state index contributed by atoms with van der Waals surface area (Å²) in [5.74, 6) is 0.958. The second-order valence-electron chi connectivity index (χ2n) is 4.03. The normalized spacial score (nSPS) is 11.9. The second kappa shape index (κ2) is 7.52. The van der Waals surface area contributed by atoms with Crippen molar-refractivity contribution >= 4 is 17.3 Å². The number of pyridine rings is 1. The van der Waals surface area contributed by atoms with Crippen LogP contribution in [0.3, 0.4) is 0 Å². The lowest BCUT2D eigenvalue weighted by Gasteiger charge is -2.13. The van der Waals surface area contributed by atoms with Crippen molar-refractivity contribution in [3.05, 3.63) is 22.2 Å². The van der Waals surface area contributed by atoms with E-state index in [-0.39, 0.29) is 11.8 Å². The Kier molecular flexibility index (Phi) is 6.01. The standard InChI is InChI=1S/C12H20N4O3/c1-4-13-11-6-10(16(17)18)7-12(15-11)14-8-9(3)19-5-2/h6-7,9H,4-5,8H2,1-3H3,(H2,13,14,15).